The molecule has 1 atom stereocenters. The molecule has 0 fully saturated rings. The summed E-state index contributed by atoms with van der Waals surface area (Å²) in [5.74, 6) is 8.27. The lowest BCUT2D eigenvalue weighted by Gasteiger charge is -2.20. The minimum atomic E-state index is 0.267. The van der Waals surface area contributed by atoms with Crippen molar-refractivity contribution in [3.8, 4) is 0 Å². The summed E-state index contributed by atoms with van der Waals surface area (Å²) >= 11 is 0. The minimum absolute atomic E-state index is 0.267. The van der Waals surface area contributed by atoms with Crippen molar-refractivity contribution in [2.45, 2.75) is 39.5 Å². The van der Waals surface area contributed by atoms with Crippen LogP contribution in [0.3, 0.4) is 0 Å². The average Bonchev–Trinajstić information content (AvgIpc) is 3.40. The lowest BCUT2D eigenvalue weighted by molar-refractivity contribution is 0.807. The van der Waals surface area contributed by atoms with Gasteiger partial charge in [-0.25, -0.2) is 0 Å². The van der Waals surface area contributed by atoms with Crippen LogP contribution < -0.4 is 17.0 Å². The zero-order valence-corrected chi connectivity index (χ0v) is 32.7. The summed E-state index contributed by atoms with van der Waals surface area (Å²) in [7, 11) is 0. The number of hydrogen-bond donors (Lipinski definition) is 3. The van der Waals surface area contributed by atoms with Crippen LogP contribution in [0.2, 0.25) is 0 Å². The van der Waals surface area contributed by atoms with Crippen LogP contribution in [0, 0.1) is 6.92 Å². The summed E-state index contributed by atoms with van der Waals surface area (Å²) in [4.78, 5) is 0. The smallest absolute Gasteiger partial charge is 0.0382 e. The zero-order chi connectivity index (χ0) is 39.5. The molecule has 6 aromatic rings. The van der Waals surface area contributed by atoms with Gasteiger partial charge < -0.3 is 5.32 Å². The maximum Gasteiger partial charge on any atom is 0.0382 e. The molecule has 0 aliphatic heterocycles. The Morgan fingerprint density at radius 1 is 0.655 bits per heavy atom. The van der Waals surface area contributed by atoms with Crippen LogP contribution in [-0.4, -0.2) is 0 Å². The third-order valence-electron chi connectivity index (χ3n) is 8.61. The zero-order valence-electron chi connectivity index (χ0n) is 32.7. The second-order valence-corrected chi connectivity index (χ2v) is 12.5. The fourth-order valence-electron chi connectivity index (χ4n) is 5.98. The van der Waals surface area contributed by atoms with Gasteiger partial charge in [-0.2, -0.15) is 0 Å². The van der Waals surface area contributed by atoms with Gasteiger partial charge in [-0.15, -0.1) is 0 Å². The van der Waals surface area contributed by atoms with Gasteiger partial charge in [0, 0.05) is 17.8 Å². The number of aryl methyl sites for hydroxylation is 1. The summed E-state index contributed by atoms with van der Waals surface area (Å²) in [5, 5.41) is 3.39. The molecular weight excluding hydrogens is 667 g/mol. The number of fused-ring (bicyclic) bond motifs is 1. The summed E-state index contributed by atoms with van der Waals surface area (Å²) in [5.41, 5.74) is 12.1. The third-order valence-corrected chi connectivity index (χ3v) is 8.61. The van der Waals surface area contributed by atoms with Crippen molar-refractivity contribution in [3.05, 3.63) is 264 Å². The first-order chi connectivity index (χ1) is 27.1. The van der Waals surface area contributed by atoms with E-state index < -0.39 is 0 Å². The first-order valence-corrected chi connectivity index (χ1v) is 18.9. The predicted molar refractivity (Wildman–Crippen MR) is 241 cm³/mol. The molecule has 0 amide bonds. The molecule has 3 heteroatoms. The van der Waals surface area contributed by atoms with Gasteiger partial charge in [0.1, 0.15) is 0 Å². The first kappa shape index (κ1) is 43.1. The van der Waals surface area contributed by atoms with Crippen LogP contribution in [0.4, 0.5) is 5.69 Å². The molecule has 0 saturated carbocycles. The van der Waals surface area contributed by atoms with E-state index >= 15 is 0 Å². The molecule has 55 heavy (non-hydrogen) atoms. The highest BCUT2D eigenvalue weighted by Gasteiger charge is 2.23. The number of hydrazine groups is 1. The number of nitrogens with one attached hydrogen (secondary N) is 1. The second-order valence-electron chi connectivity index (χ2n) is 12.5. The Morgan fingerprint density at radius 3 is 1.78 bits per heavy atom. The van der Waals surface area contributed by atoms with Gasteiger partial charge in [0.05, 0.1) is 0 Å². The van der Waals surface area contributed by atoms with Crippen LogP contribution in [0.15, 0.2) is 231 Å². The number of hydrogen-bond acceptors (Lipinski definition) is 3. The van der Waals surface area contributed by atoms with E-state index in [1.54, 1.807) is 0 Å². The van der Waals surface area contributed by atoms with E-state index in [2.05, 4.69) is 171 Å². The molecule has 0 saturated heterocycles. The highest BCUT2D eigenvalue weighted by molar-refractivity contribution is 5.78. The van der Waals surface area contributed by atoms with Gasteiger partial charge in [0.2, 0.25) is 0 Å². The lowest BCUT2D eigenvalue weighted by Crippen LogP contribution is -2.04. The molecule has 0 bridgehead atoms. The van der Waals surface area contributed by atoms with Crippen LogP contribution in [0.1, 0.15) is 59.6 Å². The molecule has 280 valence electrons. The van der Waals surface area contributed by atoms with Crippen molar-refractivity contribution in [1.29, 1.82) is 0 Å². The van der Waals surface area contributed by atoms with Gasteiger partial charge in [-0.05, 0) is 82.5 Å². The first-order valence-electron chi connectivity index (χ1n) is 18.9. The number of nitrogens with two attached hydrogens (primary N) is 2. The monoisotopic (exact) mass is 723 g/mol. The molecule has 1 unspecified atom stereocenters. The van der Waals surface area contributed by atoms with E-state index in [9.17, 15) is 0 Å². The van der Waals surface area contributed by atoms with E-state index in [1.165, 1.54) is 39.0 Å². The summed E-state index contributed by atoms with van der Waals surface area (Å²) in [6.45, 7) is 14.9. The Bertz CT molecular complexity index is 2020. The molecule has 0 heterocycles. The van der Waals surface area contributed by atoms with Crippen molar-refractivity contribution in [3.63, 3.8) is 0 Å². The molecule has 5 N–H and O–H groups in total. The second kappa shape index (κ2) is 25.7. The standard InChI is InChI=1S/C37H33N.C7H8.C6H6.C2H6.H4N2/c1-28(14-11-12-23-38-34-20-13-17-31(26-34)25-30-15-5-3-6-16-30)33-24-29(2)35-21-9-10-22-36(35)37(27-33)32-18-7-4-8-19-32;1-7-5-3-2-4-6-7;1-2-4-6-5-3-1;2*1-2/h3-24,26,37-38H,1-2,25,27H2;2-6H,1H3;1-6H;1-2H3;1-2H2/b14-11-,23-12-;;;;. The van der Waals surface area contributed by atoms with Crippen LogP contribution >= 0.6 is 0 Å². The molecule has 6 aromatic carbocycles. The van der Waals surface area contributed by atoms with Crippen molar-refractivity contribution < 1.29 is 0 Å². The van der Waals surface area contributed by atoms with Crippen molar-refractivity contribution in [2.75, 3.05) is 5.32 Å². The van der Waals surface area contributed by atoms with Gasteiger partial charge in [0.25, 0.3) is 0 Å². The highest BCUT2D eigenvalue weighted by atomic mass is 15.0. The van der Waals surface area contributed by atoms with E-state index in [-0.39, 0.29) is 5.92 Å². The van der Waals surface area contributed by atoms with Gasteiger partial charge >= 0.3 is 0 Å². The maximum atomic E-state index is 4.40. The number of rotatable bonds is 8. The van der Waals surface area contributed by atoms with Crippen molar-refractivity contribution in [1.82, 2.24) is 0 Å². The third kappa shape index (κ3) is 15.3. The maximum absolute atomic E-state index is 4.40. The van der Waals surface area contributed by atoms with Crippen LogP contribution in [0.5, 0.6) is 0 Å². The highest BCUT2D eigenvalue weighted by Crippen LogP contribution is 2.40. The fourth-order valence-corrected chi connectivity index (χ4v) is 5.98. The lowest BCUT2D eigenvalue weighted by atomic mass is 9.84. The molecule has 0 aromatic heterocycles. The van der Waals surface area contributed by atoms with Crippen molar-refractivity contribution in [2.24, 2.45) is 11.7 Å². The quantitative estimate of drug-likeness (QED) is 0.0832. The molecule has 3 nitrogen and oxygen atoms in total. The van der Waals surface area contributed by atoms with Crippen molar-refractivity contribution >= 4 is 11.3 Å². The Kier molecular flexibility index (Phi) is 20.1. The summed E-state index contributed by atoms with van der Waals surface area (Å²) in [6.07, 6.45) is 12.1. The molecule has 0 radical (unpaired) electrons. The number of anilines is 1. The predicted octanol–water partition coefficient (Wildman–Crippen LogP) is 13.0. The van der Waals surface area contributed by atoms with Gasteiger partial charge in [0.15, 0.2) is 0 Å². The molecule has 7 rings (SSSR count). The molecular formula is C52H57N3. The molecule has 1 aliphatic rings. The number of allylic oxidation sites excluding steroid dienone is 7. The van der Waals surface area contributed by atoms with Gasteiger partial charge in [-0.3, -0.25) is 11.7 Å². The number of benzene rings is 6. The van der Waals surface area contributed by atoms with E-state index in [4.69, 9.17) is 0 Å². The van der Waals surface area contributed by atoms with Crippen LogP contribution in [-0.2, 0) is 6.42 Å². The van der Waals surface area contributed by atoms with Gasteiger partial charge in [-0.1, -0.05) is 215 Å². The van der Waals surface area contributed by atoms with E-state index in [0.717, 1.165) is 29.7 Å². The van der Waals surface area contributed by atoms with E-state index in [0.29, 0.717) is 0 Å². The SMILES string of the molecule is C=C(/C=C\C=C/Nc1cccc(Cc2ccccc2)c1)C1=CC(=C)c2ccccc2C(c2ccccc2)C1.CC.Cc1ccccc1.NN.c1ccccc1. The topological polar surface area (TPSA) is 64.1 Å². The largest absolute Gasteiger partial charge is 0.362 e. The normalized spacial score (nSPS) is 12.7. The average molecular weight is 724 g/mol. The molecule has 1 aliphatic carbocycles. The van der Waals surface area contributed by atoms with Crippen LogP contribution in [0.25, 0.3) is 5.57 Å². The fraction of sp³-hybridized carbons (Fsp3) is 0.115. The minimum Gasteiger partial charge on any atom is -0.362 e. The summed E-state index contributed by atoms with van der Waals surface area (Å²) < 4.78 is 0. The Balaban J connectivity index is 0.000000396. The Labute approximate surface area is 330 Å². The van der Waals surface area contributed by atoms with E-state index in [1.807, 2.05) is 86.8 Å². The molecule has 0 spiro atoms. The summed E-state index contributed by atoms with van der Waals surface area (Å²) in [6, 6.07) is 60.7. The Hall–Kier alpha value is -6.26. The Morgan fingerprint density at radius 2 is 1.18 bits per heavy atom.